The number of hydrogen-bond donors (Lipinski definition) is 2. The maximum absolute atomic E-state index is 12.0. The molecule has 1 aliphatic heterocycles. The molecule has 8 nitrogen and oxygen atoms in total. The standard InChI is InChI=1S/C15H21N3O5/c1-15(2,3)23-14(20)17-7-6-10(9-17)16-12-5-4-11(19)8-13(12)18(21)22/h4-5,8,10,16,19H,6-7,9H2,1-3H3. The zero-order valence-corrected chi connectivity index (χ0v) is 13.4. The first-order valence-corrected chi connectivity index (χ1v) is 7.37. The first-order chi connectivity index (χ1) is 10.7. The summed E-state index contributed by atoms with van der Waals surface area (Å²) in [5.74, 6) is -0.163. The van der Waals surface area contributed by atoms with Gasteiger partial charge in [-0.3, -0.25) is 10.1 Å². The van der Waals surface area contributed by atoms with Gasteiger partial charge in [0.25, 0.3) is 5.69 Å². The zero-order chi connectivity index (χ0) is 17.2. The van der Waals surface area contributed by atoms with E-state index in [9.17, 15) is 20.0 Å². The number of aromatic hydroxyl groups is 1. The van der Waals surface area contributed by atoms with Crippen LogP contribution in [0.15, 0.2) is 18.2 Å². The highest BCUT2D eigenvalue weighted by atomic mass is 16.6. The molecule has 0 aliphatic carbocycles. The summed E-state index contributed by atoms with van der Waals surface area (Å²) in [6.45, 7) is 6.34. The highest BCUT2D eigenvalue weighted by Crippen LogP contribution is 2.30. The van der Waals surface area contributed by atoms with Crippen LogP contribution in [0.1, 0.15) is 27.2 Å². The largest absolute Gasteiger partial charge is 0.508 e. The molecule has 1 unspecified atom stereocenters. The van der Waals surface area contributed by atoms with Gasteiger partial charge < -0.3 is 20.1 Å². The predicted molar refractivity (Wildman–Crippen MR) is 84.6 cm³/mol. The van der Waals surface area contributed by atoms with Gasteiger partial charge in [0.2, 0.25) is 0 Å². The van der Waals surface area contributed by atoms with E-state index in [2.05, 4.69) is 5.32 Å². The number of likely N-dealkylation sites (tertiary alicyclic amines) is 1. The molecule has 2 N–H and O–H groups in total. The van der Waals surface area contributed by atoms with Crippen molar-refractivity contribution in [3.05, 3.63) is 28.3 Å². The lowest BCUT2D eigenvalue weighted by atomic mass is 10.2. The molecule has 0 spiro atoms. The van der Waals surface area contributed by atoms with Crippen LogP contribution in [0.2, 0.25) is 0 Å². The van der Waals surface area contributed by atoms with Crippen molar-refractivity contribution in [2.75, 3.05) is 18.4 Å². The molecule has 0 radical (unpaired) electrons. The summed E-state index contributed by atoms with van der Waals surface area (Å²) >= 11 is 0. The lowest BCUT2D eigenvalue weighted by Crippen LogP contribution is -2.36. The van der Waals surface area contributed by atoms with E-state index in [1.807, 2.05) is 0 Å². The topological polar surface area (TPSA) is 105 Å². The van der Waals surface area contributed by atoms with Crippen molar-refractivity contribution in [3.63, 3.8) is 0 Å². The van der Waals surface area contributed by atoms with Gasteiger partial charge in [-0.2, -0.15) is 0 Å². The third-order valence-corrected chi connectivity index (χ3v) is 3.38. The van der Waals surface area contributed by atoms with Crippen molar-refractivity contribution in [2.45, 2.75) is 38.8 Å². The van der Waals surface area contributed by atoms with Crippen molar-refractivity contribution in [3.8, 4) is 5.75 Å². The molecule has 1 fully saturated rings. The van der Waals surface area contributed by atoms with Crippen molar-refractivity contribution in [2.24, 2.45) is 0 Å². The molecule has 23 heavy (non-hydrogen) atoms. The minimum atomic E-state index is -0.557. The van der Waals surface area contributed by atoms with Gasteiger partial charge in [0.05, 0.1) is 11.0 Å². The molecule has 2 rings (SSSR count). The molecule has 0 aromatic heterocycles. The third-order valence-electron chi connectivity index (χ3n) is 3.38. The van der Waals surface area contributed by atoms with E-state index in [4.69, 9.17) is 4.74 Å². The Morgan fingerprint density at radius 1 is 1.48 bits per heavy atom. The average Bonchev–Trinajstić information content (AvgIpc) is 2.87. The summed E-state index contributed by atoms with van der Waals surface area (Å²) in [5, 5.41) is 23.5. The summed E-state index contributed by atoms with van der Waals surface area (Å²) in [4.78, 5) is 24.1. The number of ether oxygens (including phenoxy) is 1. The SMILES string of the molecule is CC(C)(C)OC(=O)N1CCC(Nc2ccc(O)cc2[N+](=O)[O-])C1. The number of benzene rings is 1. The van der Waals surface area contributed by atoms with Crippen LogP contribution in [0, 0.1) is 10.1 Å². The van der Waals surface area contributed by atoms with E-state index in [0.717, 1.165) is 6.07 Å². The zero-order valence-electron chi connectivity index (χ0n) is 13.4. The molecule has 8 heteroatoms. The van der Waals surface area contributed by atoms with Crippen LogP contribution in [0.4, 0.5) is 16.2 Å². The van der Waals surface area contributed by atoms with E-state index >= 15 is 0 Å². The minimum Gasteiger partial charge on any atom is -0.508 e. The number of rotatable bonds is 3. The third kappa shape index (κ3) is 4.48. The smallest absolute Gasteiger partial charge is 0.410 e. The normalized spacial score (nSPS) is 17.9. The molecule has 0 saturated carbocycles. The monoisotopic (exact) mass is 323 g/mol. The number of nitrogens with zero attached hydrogens (tertiary/aromatic N) is 2. The van der Waals surface area contributed by atoms with Crippen LogP contribution in [0.3, 0.4) is 0 Å². The van der Waals surface area contributed by atoms with Gasteiger partial charge in [0.1, 0.15) is 17.0 Å². The average molecular weight is 323 g/mol. The van der Waals surface area contributed by atoms with Crippen molar-refractivity contribution in [1.29, 1.82) is 0 Å². The molecule has 1 heterocycles. The van der Waals surface area contributed by atoms with Gasteiger partial charge in [0.15, 0.2) is 0 Å². The van der Waals surface area contributed by atoms with E-state index < -0.39 is 10.5 Å². The first kappa shape index (κ1) is 16.9. The van der Waals surface area contributed by atoms with Crippen LogP contribution in [0.5, 0.6) is 5.75 Å². The van der Waals surface area contributed by atoms with Gasteiger partial charge in [-0.05, 0) is 39.3 Å². The van der Waals surface area contributed by atoms with Gasteiger partial charge in [-0.15, -0.1) is 0 Å². The number of amides is 1. The summed E-state index contributed by atoms with van der Waals surface area (Å²) in [6, 6.07) is 3.84. The number of phenols is 1. The molecule has 1 amide bonds. The Morgan fingerprint density at radius 3 is 2.78 bits per heavy atom. The number of carbonyl (C=O) groups excluding carboxylic acids is 1. The number of nitro benzene ring substituents is 1. The van der Waals surface area contributed by atoms with E-state index in [-0.39, 0.29) is 23.6 Å². The van der Waals surface area contributed by atoms with E-state index in [1.54, 1.807) is 25.7 Å². The fraction of sp³-hybridized carbons (Fsp3) is 0.533. The summed E-state index contributed by atoms with van der Waals surface area (Å²) in [5.41, 5.74) is -0.428. The fourth-order valence-corrected chi connectivity index (χ4v) is 2.38. The Kier molecular flexibility index (Phi) is 4.63. The van der Waals surface area contributed by atoms with Crippen LogP contribution in [-0.4, -0.2) is 45.8 Å². The Balaban J connectivity index is 2.01. The Labute approximate surface area is 134 Å². The predicted octanol–water partition coefficient (Wildman–Crippen LogP) is 2.72. The number of nitrogens with one attached hydrogen (secondary N) is 1. The molecule has 1 saturated heterocycles. The molecular weight excluding hydrogens is 302 g/mol. The highest BCUT2D eigenvalue weighted by molar-refractivity contribution is 5.69. The van der Waals surface area contributed by atoms with Crippen LogP contribution < -0.4 is 5.32 Å². The van der Waals surface area contributed by atoms with Gasteiger partial charge >= 0.3 is 6.09 Å². The Hall–Kier alpha value is -2.51. The fourth-order valence-electron chi connectivity index (χ4n) is 2.38. The molecule has 1 aliphatic rings. The van der Waals surface area contributed by atoms with Gasteiger partial charge in [0, 0.05) is 19.1 Å². The number of carbonyl (C=O) groups is 1. The maximum atomic E-state index is 12.0. The second-order valence-corrected chi connectivity index (χ2v) is 6.51. The van der Waals surface area contributed by atoms with Crippen LogP contribution in [0.25, 0.3) is 0 Å². The number of nitro groups is 1. The molecule has 126 valence electrons. The van der Waals surface area contributed by atoms with Crippen LogP contribution in [-0.2, 0) is 4.74 Å². The minimum absolute atomic E-state index is 0.106. The van der Waals surface area contributed by atoms with Crippen molar-refractivity contribution >= 4 is 17.5 Å². The number of phenolic OH excluding ortho intramolecular Hbond substituents is 1. The number of anilines is 1. The Morgan fingerprint density at radius 2 is 2.17 bits per heavy atom. The van der Waals surface area contributed by atoms with Crippen LogP contribution >= 0.6 is 0 Å². The lowest BCUT2D eigenvalue weighted by molar-refractivity contribution is -0.384. The molecule has 0 bridgehead atoms. The van der Waals surface area contributed by atoms with Crippen molar-refractivity contribution in [1.82, 2.24) is 4.90 Å². The maximum Gasteiger partial charge on any atom is 0.410 e. The summed E-state index contributed by atoms with van der Waals surface area (Å²) < 4.78 is 5.32. The summed E-state index contributed by atoms with van der Waals surface area (Å²) in [7, 11) is 0. The second-order valence-electron chi connectivity index (χ2n) is 6.51. The second kappa shape index (κ2) is 6.31. The Bertz CT molecular complexity index is 612. The lowest BCUT2D eigenvalue weighted by Gasteiger charge is -2.24. The molecule has 1 aromatic carbocycles. The molecule has 1 atom stereocenters. The first-order valence-electron chi connectivity index (χ1n) is 7.37. The van der Waals surface area contributed by atoms with Gasteiger partial charge in [-0.1, -0.05) is 0 Å². The molecule has 1 aromatic rings. The summed E-state index contributed by atoms with van der Waals surface area (Å²) in [6.07, 6.45) is 0.277. The van der Waals surface area contributed by atoms with Crippen molar-refractivity contribution < 1.29 is 19.6 Å². The highest BCUT2D eigenvalue weighted by Gasteiger charge is 2.30. The van der Waals surface area contributed by atoms with E-state index in [0.29, 0.717) is 25.2 Å². The quantitative estimate of drug-likeness (QED) is 0.503. The van der Waals surface area contributed by atoms with Gasteiger partial charge in [-0.25, -0.2) is 4.79 Å². The number of hydrogen-bond acceptors (Lipinski definition) is 6. The molecular formula is C15H21N3O5. The van der Waals surface area contributed by atoms with E-state index in [1.165, 1.54) is 12.1 Å².